The topological polar surface area (TPSA) is 53.1 Å². The van der Waals surface area contributed by atoms with Gasteiger partial charge in [0.25, 0.3) is 0 Å². The average molecular weight is 385 g/mol. The van der Waals surface area contributed by atoms with Crippen LogP contribution in [0.5, 0.6) is 5.75 Å². The van der Waals surface area contributed by atoms with Crippen molar-refractivity contribution < 1.29 is 13.7 Å². The van der Waals surface area contributed by atoms with Gasteiger partial charge in [0.1, 0.15) is 17.1 Å². The van der Waals surface area contributed by atoms with E-state index in [4.69, 9.17) is 9.26 Å². The minimum atomic E-state index is -0.290. The van der Waals surface area contributed by atoms with Crippen molar-refractivity contribution in [1.29, 1.82) is 0 Å². The van der Waals surface area contributed by atoms with Crippen LogP contribution in [0.3, 0.4) is 0 Å². The van der Waals surface area contributed by atoms with Crippen LogP contribution in [0.2, 0.25) is 0 Å². The maximum atomic E-state index is 13.3. The summed E-state index contributed by atoms with van der Waals surface area (Å²) in [4.78, 5) is 0. The Kier molecular flexibility index (Phi) is 4.09. The fraction of sp³-hybridized carbons (Fsp3) is 0.0435. The second-order valence-corrected chi connectivity index (χ2v) is 6.58. The Balaban J connectivity index is 1.60. The third kappa shape index (κ3) is 3.04. The fourth-order valence-corrected chi connectivity index (χ4v) is 3.36. The largest absolute Gasteiger partial charge is 0.497 e. The molecule has 0 N–H and O–H groups in total. The Bertz CT molecular complexity index is 1290. The Morgan fingerprint density at radius 2 is 1.66 bits per heavy atom. The number of halogens is 1. The maximum Gasteiger partial charge on any atom is 0.174 e. The van der Waals surface area contributed by atoms with Crippen LogP contribution in [0.1, 0.15) is 0 Å². The number of aromatic nitrogens is 3. The number of hydrogen-bond acceptors (Lipinski definition) is 4. The quantitative estimate of drug-likeness (QED) is 0.410. The molecule has 0 saturated heterocycles. The number of rotatable bonds is 4. The average Bonchev–Trinajstić information content (AvgIpc) is 3.41. The van der Waals surface area contributed by atoms with Crippen LogP contribution in [-0.2, 0) is 0 Å². The summed E-state index contributed by atoms with van der Waals surface area (Å²) in [7, 11) is 1.64. The van der Waals surface area contributed by atoms with Crippen LogP contribution < -0.4 is 4.74 Å². The first-order valence-electron chi connectivity index (χ1n) is 9.07. The lowest BCUT2D eigenvalue weighted by atomic mass is 10.0. The van der Waals surface area contributed by atoms with E-state index in [2.05, 4.69) is 10.3 Å². The number of nitrogens with zero attached hydrogens (tertiary/aromatic N) is 3. The zero-order valence-corrected chi connectivity index (χ0v) is 15.5. The summed E-state index contributed by atoms with van der Waals surface area (Å²) >= 11 is 0. The summed E-state index contributed by atoms with van der Waals surface area (Å²) in [6, 6.07) is 21.8. The molecule has 142 valence electrons. The van der Waals surface area contributed by atoms with Crippen molar-refractivity contribution in [1.82, 2.24) is 14.9 Å². The van der Waals surface area contributed by atoms with Crippen molar-refractivity contribution in [3.63, 3.8) is 0 Å². The van der Waals surface area contributed by atoms with Crippen molar-refractivity contribution >= 4 is 10.9 Å². The first-order chi connectivity index (χ1) is 14.2. The number of ether oxygens (including phenoxy) is 1. The van der Waals surface area contributed by atoms with E-state index in [0.717, 1.165) is 39.2 Å². The highest BCUT2D eigenvalue weighted by atomic mass is 19.1. The van der Waals surface area contributed by atoms with E-state index in [0.29, 0.717) is 5.76 Å². The summed E-state index contributed by atoms with van der Waals surface area (Å²) in [5.74, 6) is 1.11. The summed E-state index contributed by atoms with van der Waals surface area (Å²) in [5, 5.41) is 9.46. The minimum absolute atomic E-state index is 0.290. The molecule has 5 aromatic rings. The molecule has 0 unspecified atom stereocenters. The second kappa shape index (κ2) is 6.91. The van der Waals surface area contributed by atoms with Crippen molar-refractivity contribution in [2.45, 2.75) is 0 Å². The fourth-order valence-electron chi connectivity index (χ4n) is 3.36. The molecule has 6 heteroatoms. The van der Waals surface area contributed by atoms with Crippen molar-refractivity contribution in [3.05, 3.63) is 84.8 Å². The zero-order valence-electron chi connectivity index (χ0n) is 15.5. The molecule has 0 bridgehead atoms. The van der Waals surface area contributed by atoms with E-state index in [1.807, 2.05) is 53.2 Å². The van der Waals surface area contributed by atoms with Crippen LogP contribution in [0.4, 0.5) is 4.39 Å². The van der Waals surface area contributed by atoms with E-state index >= 15 is 0 Å². The van der Waals surface area contributed by atoms with Gasteiger partial charge < -0.3 is 9.26 Å². The van der Waals surface area contributed by atoms with E-state index in [-0.39, 0.29) is 5.82 Å². The smallest absolute Gasteiger partial charge is 0.174 e. The van der Waals surface area contributed by atoms with Gasteiger partial charge in [0, 0.05) is 11.1 Å². The monoisotopic (exact) mass is 385 g/mol. The molecule has 0 saturated carbocycles. The lowest BCUT2D eigenvalue weighted by molar-refractivity contribution is 0.414. The predicted octanol–water partition coefficient (Wildman–Crippen LogP) is 5.50. The molecule has 0 aliphatic rings. The highest BCUT2D eigenvalue weighted by molar-refractivity contribution is 5.94. The predicted molar refractivity (Wildman–Crippen MR) is 109 cm³/mol. The lowest BCUT2D eigenvalue weighted by Gasteiger charge is -2.09. The molecule has 5 rings (SSSR count). The van der Waals surface area contributed by atoms with E-state index in [1.54, 1.807) is 25.4 Å². The molecule has 0 atom stereocenters. The van der Waals surface area contributed by atoms with Crippen molar-refractivity contribution in [3.8, 4) is 34.0 Å². The van der Waals surface area contributed by atoms with Gasteiger partial charge in [0.05, 0.1) is 30.1 Å². The summed E-state index contributed by atoms with van der Waals surface area (Å²) in [6.45, 7) is 0. The third-order valence-corrected chi connectivity index (χ3v) is 4.84. The molecule has 0 spiro atoms. The van der Waals surface area contributed by atoms with Crippen LogP contribution in [0.25, 0.3) is 39.2 Å². The normalized spacial score (nSPS) is 11.1. The highest BCUT2D eigenvalue weighted by Crippen LogP contribution is 2.33. The molecule has 0 aliphatic carbocycles. The molecule has 2 heterocycles. The van der Waals surface area contributed by atoms with Gasteiger partial charge in [-0.2, -0.15) is 5.10 Å². The summed E-state index contributed by atoms with van der Waals surface area (Å²) in [6.07, 6.45) is 1.76. The molecular weight excluding hydrogens is 369 g/mol. The Morgan fingerprint density at radius 3 is 2.41 bits per heavy atom. The second-order valence-electron chi connectivity index (χ2n) is 6.58. The molecule has 3 aromatic carbocycles. The Hall–Kier alpha value is -3.93. The molecule has 5 nitrogen and oxygen atoms in total. The number of benzene rings is 3. The van der Waals surface area contributed by atoms with Gasteiger partial charge in [0.2, 0.25) is 0 Å². The van der Waals surface area contributed by atoms with E-state index in [9.17, 15) is 4.39 Å². The standard InChI is InChI=1S/C23H16FN3O2/c1-28-19-9-7-18(8-10-19)27-22(12-13-25-27)16-4-11-21-20(14-16)23(29-26-21)15-2-5-17(24)6-3-15/h2-14H,1H3. The lowest BCUT2D eigenvalue weighted by Crippen LogP contribution is -1.98. The molecule has 0 aliphatic heterocycles. The van der Waals surface area contributed by atoms with Gasteiger partial charge in [-0.25, -0.2) is 9.07 Å². The van der Waals surface area contributed by atoms with Gasteiger partial charge in [-0.3, -0.25) is 0 Å². The molecule has 2 aromatic heterocycles. The Morgan fingerprint density at radius 1 is 0.897 bits per heavy atom. The number of hydrogen-bond donors (Lipinski definition) is 0. The van der Waals surface area contributed by atoms with Crippen LogP contribution in [0, 0.1) is 5.82 Å². The van der Waals surface area contributed by atoms with Crippen molar-refractivity contribution in [2.75, 3.05) is 7.11 Å². The van der Waals surface area contributed by atoms with Crippen LogP contribution in [0.15, 0.2) is 83.5 Å². The maximum absolute atomic E-state index is 13.3. The third-order valence-electron chi connectivity index (χ3n) is 4.84. The van der Waals surface area contributed by atoms with E-state index < -0.39 is 0 Å². The SMILES string of the molecule is COc1ccc(-n2nccc2-c2ccc3noc(-c4ccc(F)cc4)c3c2)cc1. The summed E-state index contributed by atoms with van der Waals surface area (Å²) in [5.41, 5.74) is 4.34. The van der Waals surface area contributed by atoms with E-state index in [1.165, 1.54) is 12.1 Å². The van der Waals surface area contributed by atoms with Gasteiger partial charge >= 0.3 is 0 Å². The molecule has 0 radical (unpaired) electrons. The minimum Gasteiger partial charge on any atom is -0.497 e. The van der Waals surface area contributed by atoms with Crippen LogP contribution >= 0.6 is 0 Å². The molecule has 0 fully saturated rings. The molecule has 29 heavy (non-hydrogen) atoms. The first-order valence-corrected chi connectivity index (χ1v) is 9.07. The highest BCUT2D eigenvalue weighted by Gasteiger charge is 2.14. The number of methoxy groups -OCH3 is 1. The molecule has 0 amide bonds. The first kappa shape index (κ1) is 17.2. The molecular formula is C23H16FN3O2. The van der Waals surface area contributed by atoms with Gasteiger partial charge in [-0.15, -0.1) is 0 Å². The number of fused-ring (bicyclic) bond motifs is 1. The van der Waals surface area contributed by atoms with Crippen molar-refractivity contribution in [2.24, 2.45) is 0 Å². The van der Waals surface area contributed by atoms with Gasteiger partial charge in [0.15, 0.2) is 5.76 Å². The Labute approximate surface area is 166 Å². The van der Waals surface area contributed by atoms with Crippen LogP contribution in [-0.4, -0.2) is 22.0 Å². The zero-order chi connectivity index (χ0) is 19.8. The summed E-state index contributed by atoms with van der Waals surface area (Å²) < 4.78 is 25.9. The van der Waals surface area contributed by atoms with Gasteiger partial charge in [-0.05, 0) is 66.7 Å². The van der Waals surface area contributed by atoms with Gasteiger partial charge in [-0.1, -0.05) is 11.2 Å².